The Kier molecular flexibility index (Phi) is 4.33. The topological polar surface area (TPSA) is 29.3 Å². The predicted octanol–water partition coefficient (Wildman–Crippen LogP) is 3.49. The van der Waals surface area contributed by atoms with E-state index in [2.05, 4.69) is 29.3 Å². The number of anilines is 1. The molecule has 0 aliphatic carbocycles. The second-order valence-corrected chi connectivity index (χ2v) is 5.26. The van der Waals surface area contributed by atoms with Crippen molar-refractivity contribution >= 4 is 17.0 Å². The maximum Gasteiger partial charge on any atom is 0.125 e. The van der Waals surface area contributed by atoms with Gasteiger partial charge < -0.3 is 5.73 Å². The van der Waals surface area contributed by atoms with Crippen LogP contribution in [0.4, 0.5) is 10.1 Å². The summed E-state index contributed by atoms with van der Waals surface area (Å²) in [7, 11) is 0. The van der Waals surface area contributed by atoms with Crippen LogP contribution in [0.3, 0.4) is 0 Å². The van der Waals surface area contributed by atoms with Gasteiger partial charge in [0.25, 0.3) is 0 Å². The van der Waals surface area contributed by atoms with Crippen molar-refractivity contribution in [1.29, 1.82) is 0 Å². The Balaban J connectivity index is 2.05. The molecule has 2 rings (SSSR count). The number of thiophene rings is 1. The van der Waals surface area contributed by atoms with Crippen molar-refractivity contribution < 1.29 is 4.39 Å². The Morgan fingerprint density at radius 3 is 2.72 bits per heavy atom. The minimum atomic E-state index is -0.280. The summed E-state index contributed by atoms with van der Waals surface area (Å²) in [6.07, 6.45) is 0. The second kappa shape index (κ2) is 5.98. The third-order valence-electron chi connectivity index (χ3n) is 2.91. The molecule has 0 aliphatic rings. The molecule has 2 nitrogen and oxygen atoms in total. The molecule has 0 spiro atoms. The number of nitrogen functional groups attached to an aromatic ring is 1. The molecule has 0 amide bonds. The van der Waals surface area contributed by atoms with Gasteiger partial charge in [-0.2, -0.15) is 0 Å². The van der Waals surface area contributed by atoms with Crippen LogP contribution in [0.15, 0.2) is 35.7 Å². The quantitative estimate of drug-likeness (QED) is 0.838. The van der Waals surface area contributed by atoms with E-state index in [0.717, 1.165) is 25.2 Å². The smallest absolute Gasteiger partial charge is 0.125 e. The predicted molar refractivity (Wildman–Crippen MR) is 74.9 cm³/mol. The summed E-state index contributed by atoms with van der Waals surface area (Å²) in [6.45, 7) is 4.72. The lowest BCUT2D eigenvalue weighted by molar-refractivity contribution is 0.274. The third kappa shape index (κ3) is 3.31. The monoisotopic (exact) mass is 264 g/mol. The third-order valence-corrected chi connectivity index (χ3v) is 3.77. The number of hydrogen-bond acceptors (Lipinski definition) is 3. The van der Waals surface area contributed by atoms with Crippen LogP contribution in [0.5, 0.6) is 0 Å². The summed E-state index contributed by atoms with van der Waals surface area (Å²) in [6, 6.07) is 8.79. The van der Waals surface area contributed by atoms with Gasteiger partial charge in [0.15, 0.2) is 0 Å². The van der Waals surface area contributed by atoms with Crippen LogP contribution in [-0.4, -0.2) is 11.4 Å². The summed E-state index contributed by atoms with van der Waals surface area (Å²) in [5, 5.41) is 2.08. The van der Waals surface area contributed by atoms with E-state index in [9.17, 15) is 4.39 Å². The first kappa shape index (κ1) is 13.1. The van der Waals surface area contributed by atoms with Gasteiger partial charge >= 0.3 is 0 Å². The number of hydrogen-bond donors (Lipinski definition) is 1. The van der Waals surface area contributed by atoms with E-state index in [0.29, 0.717) is 5.69 Å². The lowest BCUT2D eigenvalue weighted by atomic mass is 10.1. The van der Waals surface area contributed by atoms with Gasteiger partial charge in [-0.25, -0.2) is 4.39 Å². The molecule has 18 heavy (non-hydrogen) atoms. The largest absolute Gasteiger partial charge is 0.398 e. The fourth-order valence-corrected chi connectivity index (χ4v) is 2.60. The van der Waals surface area contributed by atoms with Crippen LogP contribution >= 0.6 is 11.3 Å². The summed E-state index contributed by atoms with van der Waals surface area (Å²) in [4.78, 5) is 3.62. The molecule has 1 heterocycles. The van der Waals surface area contributed by atoms with Crippen molar-refractivity contribution in [2.75, 3.05) is 12.3 Å². The van der Waals surface area contributed by atoms with Gasteiger partial charge in [0.1, 0.15) is 5.82 Å². The van der Waals surface area contributed by atoms with E-state index in [1.165, 1.54) is 17.0 Å². The lowest BCUT2D eigenvalue weighted by Gasteiger charge is -2.20. The Morgan fingerprint density at radius 2 is 2.11 bits per heavy atom. The fourth-order valence-electron chi connectivity index (χ4n) is 1.85. The number of halogens is 1. The van der Waals surface area contributed by atoms with E-state index in [-0.39, 0.29) is 5.82 Å². The number of nitrogens with zero attached hydrogens (tertiary/aromatic N) is 1. The Morgan fingerprint density at radius 1 is 1.28 bits per heavy atom. The number of rotatable bonds is 5. The van der Waals surface area contributed by atoms with Gasteiger partial charge in [0.2, 0.25) is 0 Å². The molecular weight excluding hydrogens is 247 g/mol. The molecule has 1 aromatic heterocycles. The molecule has 0 fully saturated rings. The summed E-state index contributed by atoms with van der Waals surface area (Å²) in [5.74, 6) is -0.280. The molecule has 2 aromatic rings. The summed E-state index contributed by atoms with van der Waals surface area (Å²) >= 11 is 1.75. The molecule has 0 saturated heterocycles. The van der Waals surface area contributed by atoms with Crippen LogP contribution in [0.2, 0.25) is 0 Å². The SMILES string of the molecule is CCN(Cc1cccs1)Cc1ccc(F)cc1N. The highest BCUT2D eigenvalue weighted by atomic mass is 32.1. The molecule has 0 aliphatic heterocycles. The van der Waals surface area contributed by atoms with Crippen molar-refractivity contribution in [2.45, 2.75) is 20.0 Å². The standard InChI is InChI=1S/C14H17FN2S/c1-2-17(10-13-4-3-7-18-13)9-11-5-6-12(15)8-14(11)16/h3-8H,2,9-10,16H2,1H3. The molecule has 0 atom stereocenters. The van der Waals surface area contributed by atoms with Gasteiger partial charge in [-0.15, -0.1) is 11.3 Å². The van der Waals surface area contributed by atoms with E-state index >= 15 is 0 Å². The molecule has 0 radical (unpaired) electrons. The molecule has 96 valence electrons. The van der Waals surface area contributed by atoms with Gasteiger partial charge in [-0.1, -0.05) is 19.1 Å². The van der Waals surface area contributed by atoms with Crippen molar-refractivity contribution in [3.63, 3.8) is 0 Å². The van der Waals surface area contributed by atoms with Gasteiger partial charge in [-0.3, -0.25) is 4.90 Å². The van der Waals surface area contributed by atoms with Crippen LogP contribution in [0, 0.1) is 5.82 Å². The first-order valence-corrected chi connectivity index (χ1v) is 6.85. The second-order valence-electron chi connectivity index (χ2n) is 4.23. The highest BCUT2D eigenvalue weighted by Gasteiger charge is 2.08. The van der Waals surface area contributed by atoms with Gasteiger partial charge in [-0.05, 0) is 35.7 Å². The summed E-state index contributed by atoms with van der Waals surface area (Å²) < 4.78 is 13.0. The van der Waals surface area contributed by atoms with Crippen LogP contribution < -0.4 is 5.73 Å². The molecule has 0 saturated carbocycles. The normalized spacial score (nSPS) is 11.1. The van der Waals surface area contributed by atoms with Crippen LogP contribution in [-0.2, 0) is 13.1 Å². The Bertz CT molecular complexity index is 497. The van der Waals surface area contributed by atoms with Crippen LogP contribution in [0.1, 0.15) is 17.4 Å². The molecule has 4 heteroatoms. The summed E-state index contributed by atoms with van der Waals surface area (Å²) in [5.41, 5.74) is 7.34. The zero-order valence-electron chi connectivity index (χ0n) is 10.4. The van der Waals surface area contributed by atoms with E-state index in [4.69, 9.17) is 5.73 Å². The Labute approximate surface area is 111 Å². The molecule has 2 N–H and O–H groups in total. The molecule has 0 bridgehead atoms. The van der Waals surface area contributed by atoms with Crippen molar-refractivity contribution in [3.05, 3.63) is 52.0 Å². The van der Waals surface area contributed by atoms with Crippen LogP contribution in [0.25, 0.3) is 0 Å². The maximum atomic E-state index is 13.0. The van der Waals surface area contributed by atoms with Gasteiger partial charge in [0.05, 0.1) is 0 Å². The fraction of sp³-hybridized carbons (Fsp3) is 0.286. The van der Waals surface area contributed by atoms with Crippen molar-refractivity contribution in [1.82, 2.24) is 4.90 Å². The maximum absolute atomic E-state index is 13.0. The van der Waals surface area contributed by atoms with E-state index < -0.39 is 0 Å². The zero-order chi connectivity index (χ0) is 13.0. The highest BCUT2D eigenvalue weighted by molar-refractivity contribution is 7.09. The first-order chi connectivity index (χ1) is 8.69. The number of benzene rings is 1. The molecular formula is C14H17FN2S. The minimum Gasteiger partial charge on any atom is -0.398 e. The lowest BCUT2D eigenvalue weighted by Crippen LogP contribution is -2.22. The minimum absolute atomic E-state index is 0.280. The Hall–Kier alpha value is -1.39. The van der Waals surface area contributed by atoms with Crippen molar-refractivity contribution in [2.24, 2.45) is 0 Å². The van der Waals surface area contributed by atoms with Crippen molar-refractivity contribution in [3.8, 4) is 0 Å². The number of nitrogens with two attached hydrogens (primary N) is 1. The van der Waals surface area contributed by atoms with Gasteiger partial charge in [0, 0.05) is 23.7 Å². The average Bonchev–Trinajstić information content (AvgIpc) is 2.84. The zero-order valence-corrected chi connectivity index (χ0v) is 11.2. The van der Waals surface area contributed by atoms with E-state index in [1.807, 2.05) is 0 Å². The van der Waals surface area contributed by atoms with E-state index in [1.54, 1.807) is 17.4 Å². The molecule has 1 aromatic carbocycles. The molecule has 0 unspecified atom stereocenters. The average molecular weight is 264 g/mol. The first-order valence-electron chi connectivity index (χ1n) is 5.97. The highest BCUT2D eigenvalue weighted by Crippen LogP contribution is 2.18.